The maximum absolute atomic E-state index is 6.02. The van der Waals surface area contributed by atoms with Crippen molar-refractivity contribution in [3.8, 4) is 0 Å². The summed E-state index contributed by atoms with van der Waals surface area (Å²) in [4.78, 5) is 0. The zero-order valence-corrected chi connectivity index (χ0v) is 8.23. The summed E-state index contributed by atoms with van der Waals surface area (Å²) in [7, 11) is 0. The molecular weight excluding hydrogens is 205 g/mol. The van der Waals surface area contributed by atoms with E-state index < -0.39 is 0 Å². The third-order valence-corrected chi connectivity index (χ3v) is 2.68. The molecule has 0 saturated heterocycles. The van der Waals surface area contributed by atoms with Crippen LogP contribution in [0.5, 0.6) is 0 Å². The van der Waals surface area contributed by atoms with E-state index in [9.17, 15) is 0 Å². The summed E-state index contributed by atoms with van der Waals surface area (Å²) in [6.45, 7) is 0. The Hall–Kier alpha value is -0.920. The molecule has 2 rings (SSSR count). The van der Waals surface area contributed by atoms with Gasteiger partial charge in [0.25, 0.3) is 0 Å². The number of benzene rings is 2. The summed E-state index contributed by atoms with van der Waals surface area (Å²) in [5, 5.41) is 3.00. The van der Waals surface area contributed by atoms with Gasteiger partial charge in [-0.3, -0.25) is 0 Å². The Kier molecular flexibility index (Phi) is 2.06. The van der Waals surface area contributed by atoms with Gasteiger partial charge in [-0.2, -0.15) is 0 Å². The lowest BCUT2D eigenvalue weighted by Crippen LogP contribution is -1.86. The van der Waals surface area contributed by atoms with E-state index in [1.165, 1.54) is 0 Å². The van der Waals surface area contributed by atoms with Gasteiger partial charge in [0.1, 0.15) is 0 Å². The summed E-state index contributed by atoms with van der Waals surface area (Å²) in [6.07, 6.45) is 0. The Morgan fingerprint density at radius 1 is 1.00 bits per heavy atom. The smallest absolute Gasteiger partial charge is 0.0728 e. The molecule has 0 unspecified atom stereocenters. The monoisotopic (exact) mass is 211 g/mol. The highest BCUT2D eigenvalue weighted by Crippen LogP contribution is 2.33. The van der Waals surface area contributed by atoms with Crippen molar-refractivity contribution in [1.82, 2.24) is 0 Å². The minimum absolute atomic E-state index is 0.531. The number of halogens is 2. The second-order valence-electron chi connectivity index (χ2n) is 2.81. The van der Waals surface area contributed by atoms with Gasteiger partial charge in [-0.05, 0) is 17.5 Å². The van der Waals surface area contributed by atoms with Crippen LogP contribution >= 0.6 is 23.2 Å². The van der Waals surface area contributed by atoms with Crippen molar-refractivity contribution < 1.29 is 0 Å². The normalized spacial score (nSPS) is 10.6. The Morgan fingerprint density at radius 2 is 1.77 bits per heavy atom. The first-order chi connectivity index (χ1) is 6.20. The lowest BCUT2D eigenvalue weighted by Gasteiger charge is -2.04. The minimum atomic E-state index is 0.531. The number of rotatable bonds is 0. The van der Waals surface area contributed by atoms with Gasteiger partial charge in [-0.1, -0.05) is 41.4 Å². The van der Waals surface area contributed by atoms with Gasteiger partial charge < -0.3 is 5.73 Å². The molecule has 0 aliphatic carbocycles. The predicted octanol–water partition coefficient (Wildman–Crippen LogP) is 3.73. The molecule has 2 aromatic rings. The Labute approximate surface area is 86.1 Å². The zero-order valence-electron chi connectivity index (χ0n) is 6.72. The fourth-order valence-corrected chi connectivity index (χ4v) is 1.91. The van der Waals surface area contributed by atoms with Gasteiger partial charge in [0, 0.05) is 10.4 Å². The van der Waals surface area contributed by atoms with Crippen LogP contribution in [0.25, 0.3) is 10.8 Å². The molecule has 13 heavy (non-hydrogen) atoms. The van der Waals surface area contributed by atoms with E-state index in [0.29, 0.717) is 15.7 Å². The van der Waals surface area contributed by atoms with Gasteiger partial charge >= 0.3 is 0 Å². The Bertz CT molecular complexity index is 466. The zero-order chi connectivity index (χ0) is 9.42. The van der Waals surface area contributed by atoms with Crippen LogP contribution in [0, 0.1) is 0 Å². The summed E-state index contributed by atoms with van der Waals surface area (Å²) < 4.78 is 0. The van der Waals surface area contributed by atoms with Gasteiger partial charge in [-0.15, -0.1) is 0 Å². The van der Waals surface area contributed by atoms with Crippen molar-refractivity contribution in [2.75, 3.05) is 5.73 Å². The maximum atomic E-state index is 6.02. The summed E-state index contributed by atoms with van der Waals surface area (Å²) in [6, 6.07) is 9.32. The van der Waals surface area contributed by atoms with Crippen molar-refractivity contribution in [3.05, 3.63) is 40.4 Å². The van der Waals surface area contributed by atoms with Crippen LogP contribution in [-0.2, 0) is 0 Å². The van der Waals surface area contributed by atoms with Crippen LogP contribution in [0.3, 0.4) is 0 Å². The quantitative estimate of drug-likeness (QED) is 0.661. The first-order valence-corrected chi connectivity index (χ1v) is 4.58. The first-order valence-electron chi connectivity index (χ1n) is 3.82. The summed E-state index contributed by atoms with van der Waals surface area (Å²) >= 11 is 12.0. The van der Waals surface area contributed by atoms with Gasteiger partial charge in [0.05, 0.1) is 10.7 Å². The second-order valence-corrected chi connectivity index (χ2v) is 3.59. The van der Waals surface area contributed by atoms with Crippen LogP contribution in [0.4, 0.5) is 5.69 Å². The lowest BCUT2D eigenvalue weighted by atomic mass is 10.1. The number of fused-ring (bicyclic) bond motifs is 1. The lowest BCUT2D eigenvalue weighted by molar-refractivity contribution is 1.72. The van der Waals surface area contributed by atoms with Crippen LogP contribution in [-0.4, -0.2) is 0 Å². The molecule has 0 saturated carbocycles. The fraction of sp³-hybridized carbons (Fsp3) is 0. The van der Waals surface area contributed by atoms with Gasteiger partial charge in [0.2, 0.25) is 0 Å². The largest absolute Gasteiger partial charge is 0.398 e. The van der Waals surface area contributed by atoms with E-state index in [1.807, 2.05) is 18.2 Å². The van der Waals surface area contributed by atoms with Crippen molar-refractivity contribution in [1.29, 1.82) is 0 Å². The molecule has 0 fully saturated rings. The maximum Gasteiger partial charge on any atom is 0.0728 e. The highest BCUT2D eigenvalue weighted by Gasteiger charge is 2.05. The number of anilines is 1. The molecule has 0 atom stereocenters. The number of nitrogen functional groups attached to an aromatic ring is 1. The van der Waals surface area contributed by atoms with Gasteiger partial charge in [-0.25, -0.2) is 0 Å². The predicted molar refractivity (Wildman–Crippen MR) is 58.4 cm³/mol. The third kappa shape index (κ3) is 1.34. The average molecular weight is 212 g/mol. The molecule has 0 bridgehead atoms. The standard InChI is InChI=1S/C10H7Cl2N/c11-7-3-1-2-6-4-5-8(13)10(12)9(6)7/h1-5H,13H2. The molecule has 1 nitrogen and oxygen atoms in total. The summed E-state index contributed by atoms with van der Waals surface area (Å²) in [5.41, 5.74) is 6.22. The van der Waals surface area contributed by atoms with E-state index >= 15 is 0 Å². The van der Waals surface area contributed by atoms with Crippen LogP contribution in [0.2, 0.25) is 10.0 Å². The number of hydrogen-bond acceptors (Lipinski definition) is 1. The van der Waals surface area contributed by atoms with Crippen LogP contribution in [0.15, 0.2) is 30.3 Å². The van der Waals surface area contributed by atoms with E-state index in [1.54, 1.807) is 12.1 Å². The molecule has 0 aromatic heterocycles. The van der Waals surface area contributed by atoms with E-state index in [4.69, 9.17) is 28.9 Å². The average Bonchev–Trinajstić information content (AvgIpc) is 2.12. The van der Waals surface area contributed by atoms with Crippen molar-refractivity contribution in [2.45, 2.75) is 0 Å². The van der Waals surface area contributed by atoms with Gasteiger partial charge in [0.15, 0.2) is 0 Å². The first kappa shape index (κ1) is 8.67. The van der Waals surface area contributed by atoms with Crippen LogP contribution < -0.4 is 5.73 Å². The topological polar surface area (TPSA) is 26.0 Å². The minimum Gasteiger partial charge on any atom is -0.398 e. The van der Waals surface area contributed by atoms with Crippen molar-refractivity contribution in [3.63, 3.8) is 0 Å². The molecule has 0 heterocycles. The van der Waals surface area contributed by atoms with Crippen molar-refractivity contribution in [2.24, 2.45) is 0 Å². The molecule has 0 amide bonds. The van der Waals surface area contributed by atoms with Crippen molar-refractivity contribution >= 4 is 39.7 Å². The number of nitrogens with two attached hydrogens (primary N) is 1. The highest BCUT2D eigenvalue weighted by molar-refractivity contribution is 6.43. The molecule has 0 aliphatic rings. The molecule has 66 valence electrons. The SMILES string of the molecule is Nc1ccc2cccc(Cl)c2c1Cl. The molecule has 0 spiro atoms. The molecule has 3 heteroatoms. The highest BCUT2D eigenvalue weighted by atomic mass is 35.5. The van der Waals surface area contributed by atoms with E-state index in [0.717, 1.165) is 10.8 Å². The number of hydrogen-bond donors (Lipinski definition) is 1. The molecule has 0 aliphatic heterocycles. The molecule has 2 aromatic carbocycles. The third-order valence-electron chi connectivity index (χ3n) is 1.96. The fourth-order valence-electron chi connectivity index (χ4n) is 1.31. The second kappa shape index (κ2) is 3.09. The molecule has 0 radical (unpaired) electrons. The Balaban J connectivity index is 2.97. The van der Waals surface area contributed by atoms with Crippen LogP contribution in [0.1, 0.15) is 0 Å². The van der Waals surface area contributed by atoms with E-state index in [2.05, 4.69) is 0 Å². The van der Waals surface area contributed by atoms with E-state index in [-0.39, 0.29) is 0 Å². The molecule has 2 N–H and O–H groups in total. The molecular formula is C10H7Cl2N. The summed E-state index contributed by atoms with van der Waals surface area (Å²) in [5.74, 6) is 0. The Morgan fingerprint density at radius 3 is 2.54 bits per heavy atom.